The van der Waals surface area contributed by atoms with Crippen molar-refractivity contribution in [3.05, 3.63) is 47.0 Å². The second-order valence-corrected chi connectivity index (χ2v) is 7.35. The predicted molar refractivity (Wildman–Crippen MR) is 92.0 cm³/mol. The van der Waals surface area contributed by atoms with Crippen LogP contribution in [0.15, 0.2) is 35.9 Å². The van der Waals surface area contributed by atoms with Crippen molar-refractivity contribution in [2.75, 3.05) is 19.6 Å². The summed E-state index contributed by atoms with van der Waals surface area (Å²) in [5.41, 5.74) is 3.67. The molecule has 1 saturated heterocycles. The third-order valence-corrected chi connectivity index (χ3v) is 5.61. The lowest BCUT2D eigenvalue weighted by molar-refractivity contribution is -0.129. The van der Waals surface area contributed by atoms with Gasteiger partial charge in [-0.15, -0.1) is 0 Å². The summed E-state index contributed by atoms with van der Waals surface area (Å²) in [5, 5.41) is 0. The summed E-state index contributed by atoms with van der Waals surface area (Å²) in [7, 11) is 0. The molecule has 3 heteroatoms. The second-order valence-electron chi connectivity index (χ2n) is 7.35. The molecule has 2 fully saturated rings. The zero-order valence-corrected chi connectivity index (χ0v) is 14.0. The monoisotopic (exact) mass is 310 g/mol. The normalized spacial score (nSPS) is 26.6. The topological polar surface area (TPSA) is 23.6 Å². The summed E-state index contributed by atoms with van der Waals surface area (Å²) < 4.78 is 0. The highest BCUT2D eigenvalue weighted by atomic mass is 16.2. The number of aryl methyl sites for hydroxylation is 1. The van der Waals surface area contributed by atoms with Gasteiger partial charge in [0.15, 0.2) is 0 Å². The molecule has 2 atom stereocenters. The molecule has 2 heterocycles. The molecule has 0 N–H and O–H groups in total. The number of fused-ring (bicyclic) bond motifs is 2. The predicted octanol–water partition coefficient (Wildman–Crippen LogP) is 3.14. The lowest BCUT2D eigenvalue weighted by Crippen LogP contribution is -2.44. The van der Waals surface area contributed by atoms with Crippen LogP contribution in [0.3, 0.4) is 0 Å². The number of carbonyl (C=O) groups is 1. The molecule has 23 heavy (non-hydrogen) atoms. The average Bonchev–Trinajstić information content (AvgIpc) is 3.39. The highest BCUT2D eigenvalue weighted by molar-refractivity contribution is 5.94. The number of nitrogens with zero attached hydrogens (tertiary/aromatic N) is 2. The summed E-state index contributed by atoms with van der Waals surface area (Å²) in [4.78, 5) is 17.9. The highest BCUT2D eigenvalue weighted by Gasteiger charge is 2.37. The van der Waals surface area contributed by atoms with E-state index in [4.69, 9.17) is 0 Å². The van der Waals surface area contributed by atoms with Gasteiger partial charge in [0, 0.05) is 37.2 Å². The molecule has 1 aliphatic carbocycles. The number of amides is 1. The van der Waals surface area contributed by atoms with E-state index in [2.05, 4.69) is 47.1 Å². The molecular formula is C20H26N2O. The van der Waals surface area contributed by atoms with E-state index in [9.17, 15) is 4.79 Å². The Labute approximate surface area is 139 Å². The standard InChI is InChI=1S/C20H26N2O/c1-15-5-2-3-6-16(15)14-22(18-8-9-18)20(23)19-10-12-21-11-4-7-17(19)13-21/h2-3,5-6,10,17-18H,4,7-9,11-14H2,1H3. The molecule has 0 spiro atoms. The Kier molecular flexibility index (Phi) is 3.98. The van der Waals surface area contributed by atoms with Gasteiger partial charge in [0.1, 0.15) is 0 Å². The van der Waals surface area contributed by atoms with E-state index in [1.807, 2.05) is 0 Å². The van der Waals surface area contributed by atoms with E-state index in [1.54, 1.807) is 0 Å². The smallest absolute Gasteiger partial charge is 0.250 e. The van der Waals surface area contributed by atoms with Gasteiger partial charge in [-0.1, -0.05) is 30.3 Å². The van der Waals surface area contributed by atoms with Crippen molar-refractivity contribution >= 4 is 5.91 Å². The summed E-state index contributed by atoms with van der Waals surface area (Å²) in [6.45, 7) is 6.15. The molecule has 4 rings (SSSR count). The van der Waals surface area contributed by atoms with Gasteiger partial charge >= 0.3 is 0 Å². The first-order valence-corrected chi connectivity index (χ1v) is 9.00. The van der Waals surface area contributed by atoms with Crippen LogP contribution >= 0.6 is 0 Å². The van der Waals surface area contributed by atoms with Gasteiger partial charge in [-0.05, 0) is 50.3 Å². The van der Waals surface area contributed by atoms with Crippen LogP contribution in [-0.4, -0.2) is 41.4 Å². The van der Waals surface area contributed by atoms with Crippen LogP contribution in [0.1, 0.15) is 36.8 Å². The van der Waals surface area contributed by atoms with E-state index in [-0.39, 0.29) is 0 Å². The lowest BCUT2D eigenvalue weighted by Gasteiger charge is -2.38. The lowest BCUT2D eigenvalue weighted by atomic mass is 9.86. The van der Waals surface area contributed by atoms with E-state index >= 15 is 0 Å². The average molecular weight is 310 g/mol. The number of benzene rings is 1. The van der Waals surface area contributed by atoms with Gasteiger partial charge in [0.2, 0.25) is 5.91 Å². The fourth-order valence-corrected chi connectivity index (χ4v) is 4.02. The first kappa shape index (κ1) is 14.9. The third-order valence-electron chi connectivity index (χ3n) is 5.61. The molecule has 0 aromatic heterocycles. The Morgan fingerprint density at radius 1 is 1.26 bits per heavy atom. The van der Waals surface area contributed by atoms with Gasteiger partial charge in [-0.25, -0.2) is 0 Å². The van der Waals surface area contributed by atoms with Crippen LogP contribution in [0.2, 0.25) is 0 Å². The zero-order chi connectivity index (χ0) is 15.8. The molecule has 1 amide bonds. The highest BCUT2D eigenvalue weighted by Crippen LogP contribution is 2.34. The Morgan fingerprint density at radius 2 is 2.09 bits per heavy atom. The number of piperidine rings is 1. The largest absolute Gasteiger partial charge is 0.332 e. The molecule has 2 aliphatic heterocycles. The molecule has 0 radical (unpaired) electrons. The molecule has 1 aromatic rings. The molecule has 122 valence electrons. The molecule has 2 unspecified atom stereocenters. The maximum atomic E-state index is 13.2. The van der Waals surface area contributed by atoms with Gasteiger partial charge in [0.25, 0.3) is 0 Å². The quantitative estimate of drug-likeness (QED) is 0.853. The van der Waals surface area contributed by atoms with Crippen molar-refractivity contribution < 1.29 is 4.79 Å². The Morgan fingerprint density at radius 3 is 2.87 bits per heavy atom. The van der Waals surface area contributed by atoms with Crippen molar-refractivity contribution in [1.29, 1.82) is 0 Å². The van der Waals surface area contributed by atoms with Crippen molar-refractivity contribution in [2.45, 2.75) is 45.2 Å². The first-order chi connectivity index (χ1) is 11.2. The Bertz CT molecular complexity index is 632. The first-order valence-electron chi connectivity index (χ1n) is 9.00. The van der Waals surface area contributed by atoms with Crippen molar-refractivity contribution in [3.63, 3.8) is 0 Å². The van der Waals surface area contributed by atoms with Crippen LogP contribution in [0, 0.1) is 12.8 Å². The van der Waals surface area contributed by atoms with Crippen molar-refractivity contribution in [2.24, 2.45) is 5.92 Å². The summed E-state index contributed by atoms with van der Waals surface area (Å²) in [6.07, 6.45) is 6.96. The molecule has 2 bridgehead atoms. The number of hydrogen-bond donors (Lipinski definition) is 0. The number of rotatable bonds is 4. The van der Waals surface area contributed by atoms with Crippen molar-refractivity contribution in [1.82, 2.24) is 9.80 Å². The minimum atomic E-state index is 0.308. The second kappa shape index (κ2) is 6.12. The molecule has 3 aliphatic rings. The van der Waals surface area contributed by atoms with Crippen LogP contribution in [0.4, 0.5) is 0 Å². The maximum Gasteiger partial charge on any atom is 0.250 e. The van der Waals surface area contributed by atoms with E-state index in [0.717, 1.165) is 25.2 Å². The summed E-state index contributed by atoms with van der Waals surface area (Å²) in [6, 6.07) is 8.92. The van der Waals surface area contributed by atoms with E-state index in [1.165, 1.54) is 43.4 Å². The number of carbonyl (C=O) groups excluding carboxylic acids is 1. The fraction of sp³-hybridized carbons (Fsp3) is 0.550. The minimum Gasteiger partial charge on any atom is -0.332 e. The minimum absolute atomic E-state index is 0.308. The van der Waals surface area contributed by atoms with Crippen LogP contribution in [-0.2, 0) is 11.3 Å². The van der Waals surface area contributed by atoms with E-state index < -0.39 is 0 Å². The van der Waals surface area contributed by atoms with Crippen LogP contribution in [0.5, 0.6) is 0 Å². The van der Waals surface area contributed by atoms with Gasteiger partial charge in [-0.3, -0.25) is 9.69 Å². The van der Waals surface area contributed by atoms with Gasteiger partial charge in [0.05, 0.1) is 0 Å². The SMILES string of the molecule is Cc1ccccc1CN(C(=O)C1=CCN2CCCC1C2)C1CC1. The van der Waals surface area contributed by atoms with Gasteiger partial charge < -0.3 is 4.90 Å². The van der Waals surface area contributed by atoms with Crippen LogP contribution in [0.25, 0.3) is 0 Å². The maximum absolute atomic E-state index is 13.2. The summed E-state index contributed by atoms with van der Waals surface area (Å²) in [5.74, 6) is 0.769. The Balaban J connectivity index is 1.55. The number of hydrogen-bond acceptors (Lipinski definition) is 2. The van der Waals surface area contributed by atoms with Crippen molar-refractivity contribution in [3.8, 4) is 0 Å². The molecule has 1 saturated carbocycles. The van der Waals surface area contributed by atoms with Gasteiger partial charge in [-0.2, -0.15) is 0 Å². The third kappa shape index (κ3) is 3.07. The molecule has 3 nitrogen and oxygen atoms in total. The Hall–Kier alpha value is -1.61. The summed E-state index contributed by atoms with van der Waals surface area (Å²) >= 11 is 0. The van der Waals surface area contributed by atoms with Crippen LogP contribution < -0.4 is 0 Å². The van der Waals surface area contributed by atoms with E-state index in [0.29, 0.717) is 17.9 Å². The molecular weight excluding hydrogens is 284 g/mol. The fourth-order valence-electron chi connectivity index (χ4n) is 4.02. The zero-order valence-electron chi connectivity index (χ0n) is 14.0. The molecule has 1 aromatic carbocycles.